The summed E-state index contributed by atoms with van der Waals surface area (Å²) in [7, 11) is 1.65. The van der Waals surface area contributed by atoms with Crippen LogP contribution in [0.5, 0.6) is 5.75 Å². The Bertz CT molecular complexity index is 1040. The van der Waals surface area contributed by atoms with Gasteiger partial charge in [-0.2, -0.15) is 5.10 Å². The van der Waals surface area contributed by atoms with Crippen LogP contribution in [0.2, 0.25) is 0 Å². The van der Waals surface area contributed by atoms with Gasteiger partial charge in [0.05, 0.1) is 19.1 Å². The largest absolute Gasteiger partial charge is 0.497 e. The second-order valence-electron chi connectivity index (χ2n) is 7.13. The second-order valence-corrected chi connectivity index (χ2v) is 8.12. The topological polar surface area (TPSA) is 55.6 Å². The first-order valence-corrected chi connectivity index (χ1v) is 10.9. The van der Waals surface area contributed by atoms with Gasteiger partial charge in [-0.3, -0.25) is 4.79 Å². The summed E-state index contributed by atoms with van der Waals surface area (Å²) in [6, 6.07) is 18.3. The molecule has 2 aromatic carbocycles. The molecule has 0 bridgehead atoms. The molecule has 156 valence electrons. The Hall–Kier alpha value is -2.99. The first-order chi connectivity index (χ1) is 14.5. The van der Waals surface area contributed by atoms with E-state index in [9.17, 15) is 4.79 Å². The Kier molecular flexibility index (Phi) is 7.36. The number of nitrogens with zero attached hydrogens (tertiary/aromatic N) is 2. The van der Waals surface area contributed by atoms with Crippen LogP contribution in [0.1, 0.15) is 28.1 Å². The first kappa shape index (κ1) is 21.7. The molecule has 0 unspecified atom stereocenters. The summed E-state index contributed by atoms with van der Waals surface area (Å²) in [5.74, 6) is 1.83. The average Bonchev–Trinajstić information content (AvgIpc) is 3.01. The maximum atomic E-state index is 12.1. The zero-order chi connectivity index (χ0) is 21.5. The quantitative estimate of drug-likeness (QED) is 0.420. The van der Waals surface area contributed by atoms with Crippen LogP contribution in [-0.2, 0) is 10.5 Å². The Morgan fingerprint density at radius 3 is 2.60 bits per heavy atom. The Balaban J connectivity index is 1.53. The zero-order valence-electron chi connectivity index (χ0n) is 17.8. The first-order valence-electron chi connectivity index (χ1n) is 9.76. The minimum atomic E-state index is -0.114. The lowest BCUT2D eigenvalue weighted by molar-refractivity contribution is -0.118. The van der Waals surface area contributed by atoms with Gasteiger partial charge in [-0.25, -0.2) is 5.43 Å². The van der Waals surface area contributed by atoms with Crippen molar-refractivity contribution >= 4 is 23.9 Å². The molecule has 30 heavy (non-hydrogen) atoms. The average molecular weight is 422 g/mol. The van der Waals surface area contributed by atoms with Crippen molar-refractivity contribution in [1.82, 2.24) is 9.99 Å². The Labute approximate surface area is 182 Å². The van der Waals surface area contributed by atoms with E-state index in [-0.39, 0.29) is 5.91 Å². The third-order valence-corrected chi connectivity index (χ3v) is 5.79. The minimum Gasteiger partial charge on any atom is -0.497 e. The Morgan fingerprint density at radius 1 is 1.13 bits per heavy atom. The van der Waals surface area contributed by atoms with Crippen LogP contribution in [0.3, 0.4) is 0 Å². The van der Waals surface area contributed by atoms with Crippen molar-refractivity contribution in [1.29, 1.82) is 0 Å². The van der Waals surface area contributed by atoms with Gasteiger partial charge in [0, 0.05) is 28.4 Å². The van der Waals surface area contributed by atoms with Crippen molar-refractivity contribution in [2.45, 2.75) is 26.5 Å². The van der Waals surface area contributed by atoms with Gasteiger partial charge in [0.1, 0.15) is 5.75 Å². The predicted molar refractivity (Wildman–Crippen MR) is 125 cm³/mol. The smallest absolute Gasteiger partial charge is 0.250 e. The van der Waals surface area contributed by atoms with Crippen molar-refractivity contribution in [3.8, 4) is 11.4 Å². The molecule has 0 saturated heterocycles. The number of methoxy groups -OCH3 is 1. The summed E-state index contributed by atoms with van der Waals surface area (Å²) in [6.45, 7) is 6.21. The number of nitrogens with one attached hydrogen (secondary N) is 1. The number of hydrazone groups is 1. The van der Waals surface area contributed by atoms with Crippen LogP contribution in [-0.4, -0.2) is 29.6 Å². The molecule has 6 heteroatoms. The molecule has 1 N–H and O–H groups in total. The molecule has 0 aliphatic rings. The molecule has 0 atom stereocenters. The van der Waals surface area contributed by atoms with E-state index in [1.165, 1.54) is 5.56 Å². The van der Waals surface area contributed by atoms with E-state index in [2.05, 4.69) is 66.2 Å². The van der Waals surface area contributed by atoms with Gasteiger partial charge in [0.15, 0.2) is 0 Å². The summed E-state index contributed by atoms with van der Waals surface area (Å²) in [6.07, 6.45) is 1.71. The third-order valence-electron chi connectivity index (χ3n) is 4.78. The lowest BCUT2D eigenvalue weighted by Crippen LogP contribution is -2.19. The second kappa shape index (κ2) is 10.2. The van der Waals surface area contributed by atoms with E-state index in [0.717, 1.165) is 39.7 Å². The fraction of sp³-hybridized carbons (Fsp3) is 0.250. The maximum Gasteiger partial charge on any atom is 0.250 e. The predicted octanol–water partition coefficient (Wildman–Crippen LogP) is 4.79. The molecule has 0 aliphatic heterocycles. The highest BCUT2D eigenvalue weighted by Crippen LogP contribution is 2.20. The van der Waals surface area contributed by atoms with Gasteiger partial charge in [0.2, 0.25) is 5.91 Å². The van der Waals surface area contributed by atoms with Crippen LogP contribution >= 0.6 is 11.8 Å². The monoisotopic (exact) mass is 421 g/mol. The molecule has 0 spiro atoms. The molecule has 5 nitrogen and oxygen atoms in total. The van der Waals surface area contributed by atoms with E-state index in [0.29, 0.717) is 5.75 Å². The highest BCUT2D eigenvalue weighted by atomic mass is 32.2. The number of aryl methyl sites for hydroxylation is 2. The molecule has 3 aromatic rings. The number of aromatic nitrogens is 1. The van der Waals surface area contributed by atoms with E-state index in [1.807, 2.05) is 24.3 Å². The number of carbonyl (C=O) groups excluding carboxylic acids is 1. The molecular weight excluding hydrogens is 394 g/mol. The summed E-state index contributed by atoms with van der Waals surface area (Å²) < 4.78 is 7.35. The molecule has 0 fully saturated rings. The number of rotatable bonds is 8. The summed E-state index contributed by atoms with van der Waals surface area (Å²) in [5.41, 5.74) is 9.32. The molecule has 1 heterocycles. The molecule has 1 amide bonds. The molecule has 0 aliphatic carbocycles. The van der Waals surface area contributed by atoms with E-state index in [4.69, 9.17) is 4.74 Å². The lowest BCUT2D eigenvalue weighted by Gasteiger charge is -2.10. The van der Waals surface area contributed by atoms with Crippen LogP contribution in [0, 0.1) is 20.8 Å². The number of ether oxygens (including phenoxy) is 1. The number of amides is 1. The summed E-state index contributed by atoms with van der Waals surface area (Å²) in [4.78, 5) is 12.1. The van der Waals surface area contributed by atoms with E-state index >= 15 is 0 Å². The van der Waals surface area contributed by atoms with Crippen LogP contribution in [0.15, 0.2) is 59.7 Å². The van der Waals surface area contributed by atoms with Crippen molar-refractivity contribution in [2.75, 3.05) is 12.9 Å². The molecule has 0 saturated carbocycles. The van der Waals surface area contributed by atoms with Gasteiger partial charge >= 0.3 is 0 Å². The maximum absolute atomic E-state index is 12.1. The normalized spacial score (nSPS) is 11.1. The standard InChI is InChI=1S/C24H27N3O2S/c1-17-6-5-7-22(12-17)27-18(2)13-21(19(27)3)14-25-26-24(28)16-30-15-20-8-10-23(29-4)11-9-20/h5-14H,15-16H2,1-4H3,(H,26,28)/b25-14+. The number of thioether (sulfide) groups is 1. The van der Waals surface area contributed by atoms with Crippen molar-refractivity contribution in [3.05, 3.63) is 82.7 Å². The highest BCUT2D eigenvalue weighted by molar-refractivity contribution is 7.99. The minimum absolute atomic E-state index is 0.114. The van der Waals surface area contributed by atoms with E-state index in [1.54, 1.807) is 25.1 Å². The van der Waals surface area contributed by atoms with Gasteiger partial charge < -0.3 is 9.30 Å². The number of hydrogen-bond donors (Lipinski definition) is 1. The fourth-order valence-corrected chi connectivity index (χ4v) is 4.05. The molecule has 1 aromatic heterocycles. The van der Waals surface area contributed by atoms with E-state index < -0.39 is 0 Å². The van der Waals surface area contributed by atoms with Gasteiger partial charge in [-0.05, 0) is 62.2 Å². The molecule has 3 rings (SSSR count). The van der Waals surface area contributed by atoms with Crippen molar-refractivity contribution in [3.63, 3.8) is 0 Å². The summed E-state index contributed by atoms with van der Waals surface area (Å²) >= 11 is 1.55. The van der Waals surface area contributed by atoms with Gasteiger partial charge in [-0.1, -0.05) is 24.3 Å². The summed E-state index contributed by atoms with van der Waals surface area (Å²) in [5, 5.41) is 4.15. The van der Waals surface area contributed by atoms with Crippen molar-refractivity contribution < 1.29 is 9.53 Å². The number of carbonyl (C=O) groups is 1. The fourth-order valence-electron chi connectivity index (χ4n) is 3.27. The van der Waals surface area contributed by atoms with Gasteiger partial charge in [0.25, 0.3) is 0 Å². The van der Waals surface area contributed by atoms with Crippen LogP contribution < -0.4 is 10.2 Å². The highest BCUT2D eigenvalue weighted by Gasteiger charge is 2.09. The zero-order valence-corrected chi connectivity index (χ0v) is 18.6. The molecular formula is C24H27N3O2S. The van der Waals surface area contributed by atoms with Gasteiger partial charge in [-0.15, -0.1) is 11.8 Å². The number of benzene rings is 2. The Morgan fingerprint density at radius 2 is 1.90 bits per heavy atom. The number of hydrogen-bond acceptors (Lipinski definition) is 4. The SMILES string of the molecule is COc1ccc(CSCC(=O)N/N=C/c2cc(C)n(-c3cccc(C)c3)c2C)cc1. The lowest BCUT2D eigenvalue weighted by atomic mass is 10.2. The van der Waals surface area contributed by atoms with Crippen LogP contribution in [0.4, 0.5) is 0 Å². The third kappa shape index (κ3) is 5.54. The van der Waals surface area contributed by atoms with Crippen LogP contribution in [0.25, 0.3) is 5.69 Å². The molecule has 0 radical (unpaired) electrons. The van der Waals surface area contributed by atoms with Crippen molar-refractivity contribution in [2.24, 2.45) is 5.10 Å².